The van der Waals surface area contributed by atoms with Crippen molar-refractivity contribution < 1.29 is 4.39 Å². The van der Waals surface area contributed by atoms with E-state index in [1.54, 1.807) is 24.5 Å². The lowest BCUT2D eigenvalue weighted by Gasteiger charge is -2.22. The molecule has 1 atom stereocenters. The molecule has 1 aromatic carbocycles. The Morgan fingerprint density at radius 1 is 1.35 bits per heavy atom. The van der Waals surface area contributed by atoms with Crippen molar-refractivity contribution in [2.75, 3.05) is 12.3 Å². The Hall–Kier alpha value is -1.46. The molecular weight excluding hydrogens is 321 g/mol. The monoisotopic (exact) mass is 337 g/mol. The van der Waals surface area contributed by atoms with Crippen LogP contribution >= 0.6 is 15.9 Å². The highest BCUT2D eigenvalue weighted by atomic mass is 79.9. The van der Waals surface area contributed by atoms with Gasteiger partial charge < -0.3 is 11.1 Å². The molecule has 20 heavy (non-hydrogen) atoms. The maximum atomic E-state index is 13.6. The van der Waals surface area contributed by atoms with Gasteiger partial charge in [0.2, 0.25) is 0 Å². The molecule has 0 aliphatic rings. The van der Waals surface area contributed by atoms with E-state index in [1.165, 1.54) is 12.1 Å². The van der Waals surface area contributed by atoms with Gasteiger partial charge >= 0.3 is 0 Å². The van der Waals surface area contributed by atoms with Gasteiger partial charge in [-0.05, 0) is 42.8 Å². The van der Waals surface area contributed by atoms with Gasteiger partial charge in [-0.3, -0.25) is 4.98 Å². The molecule has 0 radical (unpaired) electrons. The maximum Gasteiger partial charge on any atom is 0.123 e. The number of nitrogen functional groups attached to an aromatic ring is 1. The molecule has 2 rings (SSSR count). The van der Waals surface area contributed by atoms with E-state index < -0.39 is 0 Å². The summed E-state index contributed by atoms with van der Waals surface area (Å²) in [6, 6.07) is 6.22. The van der Waals surface area contributed by atoms with Gasteiger partial charge in [-0.15, -0.1) is 0 Å². The number of nitrogens with two attached hydrogens (primary N) is 1. The fourth-order valence-electron chi connectivity index (χ4n) is 2.07. The Bertz CT molecular complexity index is 589. The van der Waals surface area contributed by atoms with E-state index in [-0.39, 0.29) is 11.9 Å². The summed E-state index contributed by atoms with van der Waals surface area (Å²) in [6.45, 7) is 2.89. The zero-order valence-corrected chi connectivity index (χ0v) is 12.8. The Labute approximate surface area is 126 Å². The fraction of sp³-hybridized carbons (Fsp3) is 0.267. The second kappa shape index (κ2) is 6.81. The zero-order valence-electron chi connectivity index (χ0n) is 11.2. The highest BCUT2D eigenvalue weighted by molar-refractivity contribution is 9.10. The first-order valence-corrected chi connectivity index (χ1v) is 7.30. The van der Waals surface area contributed by atoms with E-state index in [9.17, 15) is 4.39 Å². The van der Waals surface area contributed by atoms with Crippen molar-refractivity contribution in [3.05, 3.63) is 58.1 Å². The smallest absolute Gasteiger partial charge is 0.123 e. The van der Waals surface area contributed by atoms with Crippen LogP contribution in [0, 0.1) is 5.82 Å². The normalized spacial score (nSPS) is 12.3. The summed E-state index contributed by atoms with van der Waals surface area (Å²) in [7, 11) is 0. The van der Waals surface area contributed by atoms with Crippen LogP contribution in [0.2, 0.25) is 0 Å². The van der Waals surface area contributed by atoms with Crippen LogP contribution < -0.4 is 11.1 Å². The van der Waals surface area contributed by atoms with E-state index >= 15 is 0 Å². The van der Waals surface area contributed by atoms with Gasteiger partial charge in [-0.1, -0.05) is 22.9 Å². The van der Waals surface area contributed by atoms with Crippen LogP contribution in [0.3, 0.4) is 0 Å². The lowest BCUT2D eigenvalue weighted by atomic mass is 9.98. The molecule has 0 spiro atoms. The molecule has 0 aliphatic heterocycles. The van der Waals surface area contributed by atoms with Crippen molar-refractivity contribution >= 4 is 21.6 Å². The lowest BCUT2D eigenvalue weighted by Crippen LogP contribution is -2.24. The van der Waals surface area contributed by atoms with E-state index in [0.717, 1.165) is 28.6 Å². The summed E-state index contributed by atoms with van der Waals surface area (Å²) in [5.74, 6) is -0.269. The molecule has 5 heteroatoms. The number of hydrogen-bond donors (Lipinski definition) is 2. The van der Waals surface area contributed by atoms with Crippen LogP contribution in [0.15, 0.2) is 41.1 Å². The van der Waals surface area contributed by atoms with Crippen molar-refractivity contribution in [3.63, 3.8) is 0 Å². The lowest BCUT2D eigenvalue weighted by molar-refractivity contribution is 0.583. The number of hydrogen-bond acceptors (Lipinski definition) is 3. The zero-order chi connectivity index (χ0) is 14.5. The first-order valence-electron chi connectivity index (χ1n) is 6.51. The number of halogens is 2. The van der Waals surface area contributed by atoms with Crippen LogP contribution in [0.1, 0.15) is 30.5 Å². The Morgan fingerprint density at radius 3 is 2.85 bits per heavy atom. The fourth-order valence-corrected chi connectivity index (χ4v) is 2.55. The van der Waals surface area contributed by atoms with Crippen molar-refractivity contribution in [1.29, 1.82) is 0 Å². The minimum Gasteiger partial charge on any atom is -0.398 e. The molecule has 1 aromatic heterocycles. The van der Waals surface area contributed by atoms with E-state index in [1.807, 2.05) is 0 Å². The van der Waals surface area contributed by atoms with Crippen molar-refractivity contribution in [2.24, 2.45) is 0 Å². The molecule has 3 N–H and O–H groups in total. The minimum atomic E-state index is -0.269. The summed E-state index contributed by atoms with van der Waals surface area (Å²) < 4.78 is 14.4. The molecule has 0 saturated heterocycles. The molecule has 2 aromatic rings. The van der Waals surface area contributed by atoms with Crippen LogP contribution in [0.5, 0.6) is 0 Å². The van der Waals surface area contributed by atoms with Crippen LogP contribution in [0.4, 0.5) is 10.1 Å². The summed E-state index contributed by atoms with van der Waals surface area (Å²) in [5, 5.41) is 3.39. The number of anilines is 1. The minimum absolute atomic E-state index is 0.186. The molecule has 0 fully saturated rings. The molecule has 0 saturated carbocycles. The van der Waals surface area contributed by atoms with Gasteiger partial charge in [0.25, 0.3) is 0 Å². The highest BCUT2D eigenvalue weighted by Gasteiger charge is 2.19. The van der Waals surface area contributed by atoms with Crippen LogP contribution in [-0.4, -0.2) is 11.5 Å². The third kappa shape index (κ3) is 3.35. The Balaban J connectivity index is 2.47. The molecule has 3 nitrogen and oxygen atoms in total. The van der Waals surface area contributed by atoms with Crippen molar-refractivity contribution in [2.45, 2.75) is 19.4 Å². The predicted octanol–water partition coefficient (Wildman–Crippen LogP) is 3.65. The second-order valence-corrected chi connectivity index (χ2v) is 5.41. The van der Waals surface area contributed by atoms with Crippen LogP contribution in [0.25, 0.3) is 0 Å². The number of pyridine rings is 1. The summed E-state index contributed by atoms with van der Waals surface area (Å²) in [6.07, 6.45) is 4.35. The van der Waals surface area contributed by atoms with Gasteiger partial charge in [-0.25, -0.2) is 4.39 Å². The topological polar surface area (TPSA) is 50.9 Å². The molecule has 106 valence electrons. The number of aromatic nitrogens is 1. The average Bonchev–Trinajstić information content (AvgIpc) is 2.44. The highest BCUT2D eigenvalue weighted by Crippen LogP contribution is 2.31. The van der Waals surface area contributed by atoms with Gasteiger partial charge in [0.15, 0.2) is 0 Å². The van der Waals surface area contributed by atoms with E-state index in [2.05, 4.69) is 33.2 Å². The first-order chi connectivity index (χ1) is 9.63. The summed E-state index contributed by atoms with van der Waals surface area (Å²) in [4.78, 5) is 4.12. The largest absolute Gasteiger partial charge is 0.398 e. The van der Waals surface area contributed by atoms with Gasteiger partial charge in [0.1, 0.15) is 5.82 Å². The number of benzene rings is 1. The molecule has 0 aliphatic carbocycles. The van der Waals surface area contributed by atoms with Crippen molar-refractivity contribution in [1.82, 2.24) is 10.3 Å². The molecule has 0 amide bonds. The van der Waals surface area contributed by atoms with E-state index in [0.29, 0.717) is 5.69 Å². The molecule has 1 heterocycles. The maximum absolute atomic E-state index is 13.6. The third-order valence-corrected chi connectivity index (χ3v) is 3.79. The first kappa shape index (κ1) is 14.9. The number of rotatable bonds is 5. The van der Waals surface area contributed by atoms with Gasteiger partial charge in [-0.2, -0.15) is 0 Å². The van der Waals surface area contributed by atoms with Gasteiger partial charge in [0, 0.05) is 28.1 Å². The summed E-state index contributed by atoms with van der Waals surface area (Å²) in [5.41, 5.74) is 8.34. The summed E-state index contributed by atoms with van der Waals surface area (Å²) >= 11 is 3.48. The van der Waals surface area contributed by atoms with E-state index in [4.69, 9.17) is 5.73 Å². The molecule has 1 unspecified atom stereocenters. The Kier molecular flexibility index (Phi) is 5.09. The van der Waals surface area contributed by atoms with Gasteiger partial charge in [0.05, 0.1) is 6.04 Å². The Morgan fingerprint density at radius 2 is 2.15 bits per heavy atom. The molecular formula is C15H17BrFN3. The van der Waals surface area contributed by atoms with Crippen LogP contribution in [-0.2, 0) is 0 Å². The van der Waals surface area contributed by atoms with Crippen molar-refractivity contribution in [3.8, 4) is 0 Å². The second-order valence-electron chi connectivity index (χ2n) is 4.56. The predicted molar refractivity (Wildman–Crippen MR) is 82.9 cm³/mol. The number of nitrogens with zero attached hydrogens (tertiary/aromatic N) is 1. The SMILES string of the molecule is CCCNC(c1cnccc1N)c1cc(F)ccc1Br. The standard InChI is InChI=1S/C15H17BrFN3/c1-2-6-20-15(12-9-19-7-5-14(12)18)11-8-10(17)3-4-13(11)16/h3-5,7-9,15,20H,2,6H2,1H3,(H2,18,19). The number of nitrogens with one attached hydrogen (secondary N) is 1. The molecule has 0 bridgehead atoms. The quantitative estimate of drug-likeness (QED) is 0.875. The average molecular weight is 338 g/mol. The third-order valence-electron chi connectivity index (χ3n) is 3.07.